The van der Waals surface area contributed by atoms with Gasteiger partial charge in [0.05, 0.1) is 17.7 Å². The summed E-state index contributed by atoms with van der Waals surface area (Å²) in [6, 6.07) is 6.44. The maximum absolute atomic E-state index is 11.9. The second kappa shape index (κ2) is 6.86. The first-order chi connectivity index (χ1) is 9.72. The van der Waals surface area contributed by atoms with Crippen LogP contribution in [-0.2, 0) is 14.2 Å². The van der Waals surface area contributed by atoms with Gasteiger partial charge in [-0.15, -0.1) is 0 Å². The molecule has 20 heavy (non-hydrogen) atoms. The Balaban J connectivity index is 2.03. The average Bonchev–Trinajstić information content (AvgIpc) is 3.29. The summed E-state index contributed by atoms with van der Waals surface area (Å²) in [5, 5.41) is 0. The molecule has 0 aromatic heterocycles. The molecule has 5 heteroatoms. The Hall–Kier alpha value is -2.14. The van der Waals surface area contributed by atoms with Crippen LogP contribution in [0.3, 0.4) is 0 Å². The van der Waals surface area contributed by atoms with E-state index in [0.717, 1.165) is 0 Å². The maximum atomic E-state index is 11.9. The minimum absolute atomic E-state index is 0.00671. The highest BCUT2D eigenvalue weighted by Gasteiger charge is 2.26. The van der Waals surface area contributed by atoms with E-state index in [1.165, 1.54) is 0 Å². The van der Waals surface area contributed by atoms with Crippen molar-refractivity contribution in [3.8, 4) is 0 Å². The second-order valence-corrected chi connectivity index (χ2v) is 4.27. The van der Waals surface area contributed by atoms with Crippen molar-refractivity contribution in [1.29, 1.82) is 0 Å². The number of benzene rings is 1. The largest absolute Gasteiger partial charge is 0.459 e. The van der Waals surface area contributed by atoms with Crippen molar-refractivity contribution in [2.75, 3.05) is 19.8 Å². The Morgan fingerprint density at radius 3 is 2.40 bits per heavy atom. The smallest absolute Gasteiger partial charge is 0.339 e. The summed E-state index contributed by atoms with van der Waals surface area (Å²) >= 11 is 0. The molecule has 0 spiro atoms. The third kappa shape index (κ3) is 3.93. The third-order valence-corrected chi connectivity index (χ3v) is 2.72. The first kappa shape index (κ1) is 14.3. The van der Waals surface area contributed by atoms with Crippen molar-refractivity contribution in [2.45, 2.75) is 13.0 Å². The summed E-state index contributed by atoms with van der Waals surface area (Å²) in [7, 11) is 0. The Morgan fingerprint density at radius 1 is 1.25 bits per heavy atom. The summed E-state index contributed by atoms with van der Waals surface area (Å²) < 4.78 is 15.1. The van der Waals surface area contributed by atoms with Gasteiger partial charge in [-0.1, -0.05) is 24.3 Å². The highest BCUT2D eigenvalue weighted by Crippen LogP contribution is 2.14. The zero-order valence-corrected chi connectivity index (χ0v) is 11.2. The summed E-state index contributed by atoms with van der Waals surface area (Å²) in [6.45, 7) is 2.83. The number of rotatable bonds is 6. The van der Waals surface area contributed by atoms with Gasteiger partial charge in [-0.3, -0.25) is 0 Å². The lowest BCUT2D eigenvalue weighted by Gasteiger charge is -2.08. The van der Waals surface area contributed by atoms with Crippen molar-refractivity contribution in [2.24, 2.45) is 0 Å². The predicted molar refractivity (Wildman–Crippen MR) is 71.6 cm³/mol. The molecule has 1 unspecified atom stereocenters. The van der Waals surface area contributed by atoms with Crippen LogP contribution in [0.15, 0.2) is 36.4 Å². The van der Waals surface area contributed by atoms with Gasteiger partial charge in [0.2, 0.25) is 0 Å². The van der Waals surface area contributed by atoms with Crippen LogP contribution in [0.4, 0.5) is 0 Å². The zero-order chi connectivity index (χ0) is 14.4. The topological polar surface area (TPSA) is 65.1 Å². The van der Waals surface area contributed by atoms with Crippen LogP contribution < -0.4 is 0 Å². The molecule has 1 aromatic rings. The van der Waals surface area contributed by atoms with E-state index in [2.05, 4.69) is 0 Å². The Morgan fingerprint density at radius 2 is 1.85 bits per heavy atom. The highest BCUT2D eigenvalue weighted by molar-refractivity contribution is 6.03. The summed E-state index contributed by atoms with van der Waals surface area (Å²) in [5.41, 5.74) is 0.414. The van der Waals surface area contributed by atoms with Crippen LogP contribution >= 0.6 is 0 Å². The van der Waals surface area contributed by atoms with Crippen LogP contribution in [-0.4, -0.2) is 37.9 Å². The molecule has 1 atom stereocenters. The monoisotopic (exact) mass is 276 g/mol. The van der Waals surface area contributed by atoms with Crippen LogP contribution in [0.5, 0.6) is 0 Å². The van der Waals surface area contributed by atoms with Crippen molar-refractivity contribution >= 4 is 11.9 Å². The Bertz CT molecular complexity index is 517. The molecular weight excluding hydrogens is 260 g/mol. The van der Waals surface area contributed by atoms with E-state index >= 15 is 0 Å². The summed E-state index contributed by atoms with van der Waals surface area (Å²) in [4.78, 5) is 23.8. The number of hydrogen-bond acceptors (Lipinski definition) is 5. The normalized spacial score (nSPS) is 16.9. The van der Waals surface area contributed by atoms with Gasteiger partial charge in [-0.05, 0) is 19.1 Å². The SMILES string of the molecule is CC=CCOC(=O)c1ccccc1C(=O)OCC1CO1. The molecule has 1 fully saturated rings. The maximum Gasteiger partial charge on any atom is 0.339 e. The quantitative estimate of drug-likeness (QED) is 0.451. The average molecular weight is 276 g/mol. The number of esters is 2. The first-order valence-corrected chi connectivity index (χ1v) is 6.38. The first-order valence-electron chi connectivity index (χ1n) is 6.38. The molecule has 0 amide bonds. The van der Waals surface area contributed by atoms with Crippen LogP contribution in [0.1, 0.15) is 27.6 Å². The summed E-state index contributed by atoms with van der Waals surface area (Å²) in [5.74, 6) is -1.09. The standard InChI is InChI=1S/C15H16O5/c1-2-3-8-18-14(16)12-6-4-5-7-13(12)15(17)20-10-11-9-19-11/h2-7,11H,8-10H2,1H3. The molecule has 0 saturated carbocycles. The van der Waals surface area contributed by atoms with Gasteiger partial charge in [0, 0.05) is 0 Å². The number of epoxide rings is 1. The van der Waals surface area contributed by atoms with Gasteiger partial charge in [-0.25, -0.2) is 9.59 Å². The second-order valence-electron chi connectivity index (χ2n) is 4.27. The molecule has 0 aliphatic carbocycles. The van der Waals surface area contributed by atoms with Gasteiger partial charge in [0.15, 0.2) is 0 Å². The molecule has 1 aromatic carbocycles. The minimum Gasteiger partial charge on any atom is -0.459 e. The molecule has 1 saturated heterocycles. The lowest BCUT2D eigenvalue weighted by atomic mass is 10.1. The van der Waals surface area contributed by atoms with Crippen LogP contribution in [0.25, 0.3) is 0 Å². The molecule has 0 N–H and O–H groups in total. The molecule has 106 valence electrons. The fourth-order valence-corrected chi connectivity index (χ4v) is 1.55. The number of allylic oxidation sites excluding steroid dienone is 1. The molecule has 2 rings (SSSR count). The van der Waals surface area contributed by atoms with E-state index in [0.29, 0.717) is 6.61 Å². The van der Waals surface area contributed by atoms with E-state index < -0.39 is 11.9 Å². The van der Waals surface area contributed by atoms with E-state index in [9.17, 15) is 9.59 Å². The molecule has 1 aliphatic rings. The molecular formula is C15H16O5. The van der Waals surface area contributed by atoms with E-state index in [1.54, 1.807) is 36.4 Å². The summed E-state index contributed by atoms with van der Waals surface area (Å²) in [6.07, 6.45) is 3.49. The molecule has 1 aliphatic heterocycles. The van der Waals surface area contributed by atoms with Gasteiger partial charge >= 0.3 is 11.9 Å². The number of carbonyl (C=O) groups is 2. The van der Waals surface area contributed by atoms with E-state index in [1.807, 2.05) is 6.92 Å². The van der Waals surface area contributed by atoms with Crippen molar-refractivity contribution in [1.82, 2.24) is 0 Å². The fourth-order valence-electron chi connectivity index (χ4n) is 1.55. The van der Waals surface area contributed by atoms with Gasteiger partial charge in [0.1, 0.15) is 19.3 Å². The van der Waals surface area contributed by atoms with Gasteiger partial charge in [-0.2, -0.15) is 0 Å². The van der Waals surface area contributed by atoms with Gasteiger partial charge < -0.3 is 14.2 Å². The highest BCUT2D eigenvalue weighted by atomic mass is 16.6. The van der Waals surface area contributed by atoms with Gasteiger partial charge in [0.25, 0.3) is 0 Å². The van der Waals surface area contributed by atoms with E-state index in [-0.39, 0.29) is 30.4 Å². The Kier molecular flexibility index (Phi) is 4.90. The minimum atomic E-state index is -0.543. The lowest BCUT2D eigenvalue weighted by Crippen LogP contribution is -2.16. The number of ether oxygens (including phenoxy) is 3. The van der Waals surface area contributed by atoms with Crippen LogP contribution in [0, 0.1) is 0 Å². The molecule has 5 nitrogen and oxygen atoms in total. The fraction of sp³-hybridized carbons (Fsp3) is 0.333. The molecule has 0 bridgehead atoms. The number of hydrogen-bond donors (Lipinski definition) is 0. The van der Waals surface area contributed by atoms with Crippen molar-refractivity contribution < 1.29 is 23.8 Å². The number of carbonyl (C=O) groups excluding carboxylic acids is 2. The Labute approximate surface area is 117 Å². The van der Waals surface area contributed by atoms with Crippen molar-refractivity contribution in [3.63, 3.8) is 0 Å². The van der Waals surface area contributed by atoms with Crippen molar-refractivity contribution in [3.05, 3.63) is 47.5 Å². The molecule has 1 heterocycles. The van der Waals surface area contributed by atoms with E-state index in [4.69, 9.17) is 14.2 Å². The lowest BCUT2D eigenvalue weighted by molar-refractivity contribution is 0.0454. The predicted octanol–water partition coefficient (Wildman–Crippen LogP) is 1.98. The molecule has 0 radical (unpaired) electrons. The zero-order valence-electron chi connectivity index (χ0n) is 11.2. The third-order valence-electron chi connectivity index (χ3n) is 2.72. The van der Waals surface area contributed by atoms with Crippen LogP contribution in [0.2, 0.25) is 0 Å².